The molecule has 0 fully saturated rings. The van der Waals surface area contributed by atoms with E-state index in [4.69, 9.17) is 9.47 Å². The van der Waals surface area contributed by atoms with Crippen LogP contribution in [-0.4, -0.2) is 32.3 Å². The van der Waals surface area contributed by atoms with Crippen molar-refractivity contribution in [3.8, 4) is 5.75 Å². The van der Waals surface area contributed by atoms with Gasteiger partial charge in [0.2, 0.25) is 0 Å². The highest BCUT2D eigenvalue weighted by atomic mass is 32.1. The molecule has 5 nitrogen and oxygen atoms in total. The molecule has 1 heterocycles. The van der Waals surface area contributed by atoms with E-state index in [0.29, 0.717) is 30.9 Å². The van der Waals surface area contributed by atoms with E-state index in [2.05, 4.69) is 11.9 Å². The van der Waals surface area contributed by atoms with Gasteiger partial charge in [0.1, 0.15) is 12.4 Å². The third kappa shape index (κ3) is 4.93. The molecule has 0 aliphatic rings. The van der Waals surface area contributed by atoms with Crippen LogP contribution in [0.5, 0.6) is 5.75 Å². The third-order valence-corrected chi connectivity index (χ3v) is 5.16. The summed E-state index contributed by atoms with van der Waals surface area (Å²) in [7, 11) is 0. The Balaban J connectivity index is 1.52. The van der Waals surface area contributed by atoms with Crippen molar-refractivity contribution in [1.82, 2.24) is 5.32 Å². The number of rotatable bonds is 9. The third-order valence-electron chi connectivity index (χ3n) is 4.00. The van der Waals surface area contributed by atoms with Crippen molar-refractivity contribution < 1.29 is 14.3 Å². The molecule has 3 aromatic rings. The molecule has 2 aromatic carbocycles. The van der Waals surface area contributed by atoms with E-state index >= 15 is 0 Å². The SMILES string of the molecule is C=CC(=O)OCCNCCCOc1ccc2sc3ccccc3c(=O)c2c1. The molecule has 0 atom stereocenters. The molecular weight excluding hydrogens is 362 g/mol. The lowest BCUT2D eigenvalue weighted by Gasteiger charge is -2.08. The molecule has 140 valence electrons. The highest BCUT2D eigenvalue weighted by Gasteiger charge is 2.07. The van der Waals surface area contributed by atoms with Gasteiger partial charge in [-0.2, -0.15) is 0 Å². The van der Waals surface area contributed by atoms with Crippen LogP contribution in [0.2, 0.25) is 0 Å². The zero-order valence-electron chi connectivity index (χ0n) is 14.9. The van der Waals surface area contributed by atoms with Crippen LogP contribution in [0, 0.1) is 0 Å². The topological polar surface area (TPSA) is 64.6 Å². The van der Waals surface area contributed by atoms with Crippen LogP contribution in [0.1, 0.15) is 6.42 Å². The average molecular weight is 383 g/mol. The maximum atomic E-state index is 12.7. The monoisotopic (exact) mass is 383 g/mol. The number of fused-ring (bicyclic) bond motifs is 2. The number of nitrogens with one attached hydrogen (secondary N) is 1. The first-order valence-corrected chi connectivity index (χ1v) is 9.59. The van der Waals surface area contributed by atoms with Gasteiger partial charge >= 0.3 is 5.97 Å². The first-order chi connectivity index (χ1) is 13.2. The fourth-order valence-electron chi connectivity index (χ4n) is 2.67. The van der Waals surface area contributed by atoms with Crippen molar-refractivity contribution in [2.45, 2.75) is 6.42 Å². The molecule has 6 heteroatoms. The lowest BCUT2D eigenvalue weighted by Crippen LogP contribution is -2.23. The predicted molar refractivity (Wildman–Crippen MR) is 110 cm³/mol. The molecule has 27 heavy (non-hydrogen) atoms. The van der Waals surface area contributed by atoms with Gasteiger partial charge in [0, 0.05) is 32.8 Å². The van der Waals surface area contributed by atoms with Crippen molar-refractivity contribution in [1.29, 1.82) is 0 Å². The smallest absolute Gasteiger partial charge is 0.330 e. The minimum atomic E-state index is -0.414. The van der Waals surface area contributed by atoms with Crippen LogP contribution in [-0.2, 0) is 9.53 Å². The summed E-state index contributed by atoms with van der Waals surface area (Å²) in [6, 6.07) is 13.3. The lowest BCUT2D eigenvalue weighted by atomic mass is 10.2. The largest absolute Gasteiger partial charge is 0.494 e. The Bertz CT molecular complexity index is 1010. The van der Waals surface area contributed by atoms with Crippen molar-refractivity contribution >= 4 is 37.5 Å². The van der Waals surface area contributed by atoms with Crippen molar-refractivity contribution in [3.05, 3.63) is 65.3 Å². The molecule has 0 aliphatic heterocycles. The van der Waals surface area contributed by atoms with Gasteiger partial charge in [-0.05, 0) is 43.3 Å². The van der Waals surface area contributed by atoms with E-state index < -0.39 is 5.97 Å². The average Bonchev–Trinajstić information content (AvgIpc) is 2.70. The first-order valence-electron chi connectivity index (χ1n) is 8.77. The van der Waals surface area contributed by atoms with Gasteiger partial charge in [-0.15, -0.1) is 11.3 Å². The number of ether oxygens (including phenoxy) is 2. The van der Waals surface area contributed by atoms with Gasteiger partial charge in [0.15, 0.2) is 5.43 Å². The Morgan fingerprint density at radius 3 is 2.74 bits per heavy atom. The van der Waals surface area contributed by atoms with Gasteiger partial charge in [-0.3, -0.25) is 4.79 Å². The molecule has 0 saturated heterocycles. The molecule has 0 radical (unpaired) electrons. The first kappa shape index (κ1) is 19.1. The summed E-state index contributed by atoms with van der Waals surface area (Å²) in [4.78, 5) is 23.6. The highest BCUT2D eigenvalue weighted by molar-refractivity contribution is 7.24. The molecule has 0 unspecified atom stereocenters. The second kappa shape index (κ2) is 9.30. The van der Waals surface area contributed by atoms with Gasteiger partial charge in [-0.25, -0.2) is 4.79 Å². The van der Waals surface area contributed by atoms with E-state index in [1.807, 2.05) is 42.5 Å². The van der Waals surface area contributed by atoms with Crippen LogP contribution in [0.4, 0.5) is 0 Å². The lowest BCUT2D eigenvalue weighted by molar-refractivity contribution is -0.137. The van der Waals surface area contributed by atoms with Crippen LogP contribution in [0.3, 0.4) is 0 Å². The number of hydrogen-bond acceptors (Lipinski definition) is 6. The zero-order chi connectivity index (χ0) is 19.1. The Morgan fingerprint density at radius 1 is 1.07 bits per heavy atom. The van der Waals surface area contributed by atoms with Crippen molar-refractivity contribution in [2.24, 2.45) is 0 Å². The normalized spacial score (nSPS) is 10.8. The van der Waals surface area contributed by atoms with Gasteiger partial charge in [-0.1, -0.05) is 18.7 Å². The summed E-state index contributed by atoms with van der Waals surface area (Å²) < 4.78 is 12.6. The molecule has 1 aromatic heterocycles. The fourth-order valence-corrected chi connectivity index (χ4v) is 3.72. The van der Waals surface area contributed by atoms with Crippen LogP contribution < -0.4 is 15.5 Å². The minimum absolute atomic E-state index is 0.0422. The van der Waals surface area contributed by atoms with E-state index in [-0.39, 0.29) is 5.43 Å². The maximum Gasteiger partial charge on any atom is 0.330 e. The van der Waals surface area contributed by atoms with Gasteiger partial charge in [0.25, 0.3) is 0 Å². The van der Waals surface area contributed by atoms with E-state index in [1.54, 1.807) is 11.3 Å². The summed E-state index contributed by atoms with van der Waals surface area (Å²) in [6.07, 6.45) is 1.95. The quantitative estimate of drug-likeness (QED) is 0.265. The molecular formula is C21H21NO4S. The standard InChI is InChI=1S/C21H21NO4S/c1-2-20(23)26-13-11-22-10-5-12-25-15-8-9-19-17(14-15)21(24)16-6-3-4-7-18(16)27-19/h2-4,6-9,14,22H,1,5,10-13H2. The number of carbonyl (C=O) groups is 1. The summed E-state index contributed by atoms with van der Waals surface area (Å²) in [5.74, 6) is 0.282. The molecule has 0 spiro atoms. The summed E-state index contributed by atoms with van der Waals surface area (Å²) in [6.45, 7) is 5.53. The zero-order valence-corrected chi connectivity index (χ0v) is 15.7. The molecule has 0 saturated carbocycles. The molecule has 0 amide bonds. The number of esters is 1. The molecule has 0 aliphatic carbocycles. The molecule has 0 bridgehead atoms. The minimum Gasteiger partial charge on any atom is -0.494 e. The van der Waals surface area contributed by atoms with E-state index in [0.717, 1.165) is 33.8 Å². The fraction of sp³-hybridized carbons (Fsp3) is 0.238. The van der Waals surface area contributed by atoms with Gasteiger partial charge in [0.05, 0.1) is 6.61 Å². The van der Waals surface area contributed by atoms with Crippen LogP contribution in [0.15, 0.2) is 59.9 Å². The molecule has 3 rings (SSSR count). The predicted octanol–water partition coefficient (Wildman–Crippen LogP) is 3.50. The summed E-state index contributed by atoms with van der Waals surface area (Å²) in [5.41, 5.74) is 0.0422. The number of benzene rings is 2. The van der Waals surface area contributed by atoms with Crippen LogP contribution >= 0.6 is 11.3 Å². The van der Waals surface area contributed by atoms with Crippen LogP contribution in [0.25, 0.3) is 20.2 Å². The van der Waals surface area contributed by atoms with Crippen molar-refractivity contribution in [2.75, 3.05) is 26.3 Å². The Morgan fingerprint density at radius 2 is 1.89 bits per heavy atom. The summed E-state index contributed by atoms with van der Waals surface area (Å²) >= 11 is 1.61. The Hall–Kier alpha value is -2.70. The van der Waals surface area contributed by atoms with Gasteiger partial charge < -0.3 is 14.8 Å². The number of carbonyl (C=O) groups excluding carboxylic acids is 1. The Labute approximate surface area is 161 Å². The summed E-state index contributed by atoms with van der Waals surface area (Å²) in [5, 5.41) is 4.61. The highest BCUT2D eigenvalue weighted by Crippen LogP contribution is 2.27. The van der Waals surface area contributed by atoms with Crippen molar-refractivity contribution in [3.63, 3.8) is 0 Å². The number of hydrogen-bond donors (Lipinski definition) is 1. The maximum absolute atomic E-state index is 12.7. The van der Waals surface area contributed by atoms with E-state index in [1.165, 1.54) is 0 Å². The second-order valence-corrected chi connectivity index (χ2v) is 6.99. The second-order valence-electron chi connectivity index (χ2n) is 5.91. The Kier molecular flexibility index (Phi) is 6.57. The molecule has 1 N–H and O–H groups in total. The van der Waals surface area contributed by atoms with E-state index in [9.17, 15) is 9.59 Å².